The predicted molar refractivity (Wildman–Crippen MR) is 123 cm³/mol. The third kappa shape index (κ3) is 4.43. The Hall–Kier alpha value is -1.94. The van der Waals surface area contributed by atoms with Gasteiger partial charge in [0.2, 0.25) is 5.91 Å². The van der Waals surface area contributed by atoms with Crippen molar-refractivity contribution in [3.05, 3.63) is 23.8 Å². The van der Waals surface area contributed by atoms with Crippen LogP contribution in [-0.2, 0) is 36.8 Å². The minimum Gasteiger partial charge on any atom is -0.481 e. The quantitative estimate of drug-likeness (QED) is 0.368. The number of fused-ring (bicyclic) bond motifs is 1. The van der Waals surface area contributed by atoms with Crippen molar-refractivity contribution in [1.29, 1.82) is 0 Å². The zero-order valence-electron chi connectivity index (χ0n) is 17.7. The molecule has 4 rings (SSSR count). The van der Waals surface area contributed by atoms with E-state index < -0.39 is 45.6 Å². The Kier molecular flexibility index (Phi) is 7.14. The zero-order chi connectivity index (χ0) is 23.8. The molecule has 0 spiro atoms. The number of hydrogen-bond acceptors (Lipinski definition) is 10. The molecule has 2 fully saturated rings. The van der Waals surface area contributed by atoms with Crippen molar-refractivity contribution in [3.8, 4) is 0 Å². The molecule has 11 nitrogen and oxygen atoms in total. The molecule has 0 aliphatic carbocycles. The molecule has 2 amide bonds. The number of aromatic nitrogens is 3. The first kappa shape index (κ1) is 24.2. The molecule has 4 heterocycles. The number of nitrogens with zero attached hydrogens (tertiary/aromatic N) is 5. The van der Waals surface area contributed by atoms with Crippen LogP contribution in [-0.4, -0.2) is 87.6 Å². The van der Waals surface area contributed by atoms with Crippen LogP contribution in [0.4, 0.5) is 0 Å². The van der Waals surface area contributed by atoms with Gasteiger partial charge >= 0.3 is 5.97 Å². The zero-order valence-corrected chi connectivity index (χ0v) is 20.9. The predicted octanol–water partition coefficient (Wildman–Crippen LogP) is 0.962. The molecule has 0 radical (unpaired) electrons. The Morgan fingerprint density at radius 3 is 2.91 bits per heavy atom. The summed E-state index contributed by atoms with van der Waals surface area (Å²) in [7, 11) is -0.265. The average molecular weight is 532 g/mol. The number of amides is 2. The number of rotatable bonds is 9. The van der Waals surface area contributed by atoms with Crippen molar-refractivity contribution >= 4 is 63.6 Å². The highest BCUT2D eigenvalue weighted by molar-refractivity contribution is 8.00. The number of thioether (sulfide) groups is 2. The summed E-state index contributed by atoms with van der Waals surface area (Å²) in [6.07, 6.45) is 1.50. The van der Waals surface area contributed by atoms with E-state index in [0.29, 0.717) is 9.37 Å². The second-order valence-electron chi connectivity index (χ2n) is 7.51. The molecule has 33 heavy (non-hydrogen) atoms. The van der Waals surface area contributed by atoms with E-state index in [2.05, 4.69) is 10.2 Å². The Morgan fingerprint density at radius 1 is 1.48 bits per heavy atom. The molecule has 0 aromatic carbocycles. The highest BCUT2D eigenvalue weighted by atomic mass is 32.2. The van der Waals surface area contributed by atoms with Crippen LogP contribution >= 0.6 is 34.9 Å². The van der Waals surface area contributed by atoms with Crippen molar-refractivity contribution in [1.82, 2.24) is 24.0 Å². The van der Waals surface area contributed by atoms with Crippen molar-refractivity contribution in [2.24, 2.45) is 5.41 Å². The van der Waals surface area contributed by atoms with Gasteiger partial charge in [-0.05, 0) is 11.4 Å². The number of carbonyl (C=O) groups is 3. The van der Waals surface area contributed by atoms with Gasteiger partial charge in [-0.25, -0.2) is 8.51 Å². The van der Waals surface area contributed by atoms with Crippen LogP contribution in [0.2, 0.25) is 0 Å². The summed E-state index contributed by atoms with van der Waals surface area (Å²) in [6, 6.07) is 2.49. The van der Waals surface area contributed by atoms with E-state index in [1.165, 1.54) is 60.1 Å². The van der Waals surface area contributed by atoms with Crippen LogP contribution in [0.15, 0.2) is 33.2 Å². The third-order valence-electron chi connectivity index (χ3n) is 5.31. The first-order valence-corrected chi connectivity index (χ1v) is 13.7. The van der Waals surface area contributed by atoms with Gasteiger partial charge in [0, 0.05) is 32.1 Å². The maximum atomic E-state index is 13.0. The first-order valence-electron chi connectivity index (χ1n) is 9.69. The molecule has 2 aliphatic heterocycles. The van der Waals surface area contributed by atoms with E-state index in [1.54, 1.807) is 22.1 Å². The van der Waals surface area contributed by atoms with Gasteiger partial charge in [0.1, 0.15) is 28.1 Å². The largest absolute Gasteiger partial charge is 0.481 e. The summed E-state index contributed by atoms with van der Waals surface area (Å²) in [5.74, 6) is -1.47. The van der Waals surface area contributed by atoms with Crippen LogP contribution < -0.4 is 0 Å². The smallest absolute Gasteiger partial charge is 0.313 e. The van der Waals surface area contributed by atoms with Crippen molar-refractivity contribution in [2.45, 2.75) is 34.4 Å². The molecular weight excluding hydrogens is 510 g/mol. The second-order valence-corrected chi connectivity index (χ2v) is 12.1. The van der Waals surface area contributed by atoms with Gasteiger partial charge in [-0.1, -0.05) is 17.8 Å². The maximum Gasteiger partial charge on any atom is 0.313 e. The topological polar surface area (TPSA) is 135 Å². The summed E-state index contributed by atoms with van der Waals surface area (Å²) in [6.45, 7) is 1.52. The molecule has 4 atom stereocenters. The molecule has 0 saturated carbocycles. The van der Waals surface area contributed by atoms with Gasteiger partial charge in [-0.3, -0.25) is 19.0 Å². The summed E-state index contributed by atoms with van der Waals surface area (Å²) in [4.78, 5) is 39.1. The number of methoxy groups -OCH3 is 1. The molecule has 3 unspecified atom stereocenters. The molecule has 2 aliphatic rings. The van der Waals surface area contributed by atoms with Gasteiger partial charge in [0.05, 0.1) is 0 Å². The Bertz CT molecular complexity index is 1080. The van der Waals surface area contributed by atoms with Gasteiger partial charge in [0.15, 0.2) is 22.2 Å². The standard InChI is InChI=1S/C18H21N5O6S4/c1-11(24)23(33(28)12-4-3-5-30-12)13-14(25)22-6-18(16(26)27,7-31-15(13)22)8-32-17-20-19-9-21(17)10-29-2/h3-5,9,13,15H,6-8,10H2,1-2H3,(H,26,27)/t13?,15-,18?,33?/m1/s1. The number of β-lactam (4-membered cyclic amide) rings is 1. The lowest BCUT2D eigenvalue weighted by Crippen LogP contribution is -2.74. The summed E-state index contributed by atoms with van der Waals surface area (Å²) < 4.78 is 21.3. The number of hydrogen-bond donors (Lipinski definition) is 1. The highest BCUT2D eigenvalue weighted by Gasteiger charge is 2.60. The number of ether oxygens (including phenoxy) is 1. The lowest BCUT2D eigenvalue weighted by Gasteiger charge is -2.55. The summed E-state index contributed by atoms with van der Waals surface area (Å²) in [5, 5.41) is 19.7. The molecular formula is C18H21N5O6S4. The number of carbonyl (C=O) groups excluding carboxylic acids is 2. The molecule has 178 valence electrons. The van der Waals surface area contributed by atoms with Gasteiger partial charge < -0.3 is 14.7 Å². The number of carboxylic acid groups (broad SMARTS) is 1. The monoisotopic (exact) mass is 531 g/mol. The van der Waals surface area contributed by atoms with Crippen LogP contribution in [0.3, 0.4) is 0 Å². The van der Waals surface area contributed by atoms with E-state index in [1.807, 2.05) is 0 Å². The van der Waals surface area contributed by atoms with Crippen LogP contribution in [0.5, 0.6) is 0 Å². The number of carboxylic acids is 1. The number of aliphatic carboxylic acids is 1. The molecule has 2 aromatic rings. The van der Waals surface area contributed by atoms with Crippen molar-refractivity contribution < 1.29 is 28.4 Å². The fourth-order valence-electron chi connectivity index (χ4n) is 3.63. The van der Waals surface area contributed by atoms with E-state index in [9.17, 15) is 23.7 Å². The summed E-state index contributed by atoms with van der Waals surface area (Å²) in [5.41, 5.74) is -1.20. The Morgan fingerprint density at radius 2 is 2.27 bits per heavy atom. The van der Waals surface area contributed by atoms with Gasteiger partial charge in [-0.2, -0.15) is 0 Å². The van der Waals surface area contributed by atoms with E-state index in [-0.39, 0.29) is 24.8 Å². The van der Waals surface area contributed by atoms with Gasteiger partial charge in [-0.15, -0.1) is 33.3 Å². The SMILES string of the molecule is COCn1cnnc1SCC1(C(=O)O)CS[C@@H]2C(N(C(C)=O)S(=O)c3cccs3)C(=O)N2C1. The lowest BCUT2D eigenvalue weighted by atomic mass is 9.89. The Labute approximate surface area is 204 Å². The third-order valence-corrected chi connectivity index (χ3v) is 10.8. The highest BCUT2D eigenvalue weighted by Crippen LogP contribution is 2.46. The minimum absolute atomic E-state index is 0.00186. The fraction of sp³-hybridized carbons (Fsp3) is 0.500. The normalized spacial score (nSPS) is 25.3. The molecule has 0 bridgehead atoms. The van der Waals surface area contributed by atoms with E-state index in [0.717, 1.165) is 4.31 Å². The van der Waals surface area contributed by atoms with Crippen LogP contribution in [0, 0.1) is 5.41 Å². The van der Waals surface area contributed by atoms with Crippen LogP contribution in [0.1, 0.15) is 6.92 Å². The van der Waals surface area contributed by atoms with Crippen molar-refractivity contribution in [2.75, 3.05) is 25.2 Å². The maximum absolute atomic E-state index is 13.0. The minimum atomic E-state index is -1.80. The number of thiophene rings is 1. The second kappa shape index (κ2) is 9.74. The lowest BCUT2D eigenvalue weighted by molar-refractivity contribution is -0.161. The van der Waals surface area contributed by atoms with Crippen LogP contribution in [0.25, 0.3) is 0 Å². The molecule has 1 N–H and O–H groups in total. The van der Waals surface area contributed by atoms with Crippen molar-refractivity contribution in [3.63, 3.8) is 0 Å². The molecule has 2 saturated heterocycles. The van der Waals surface area contributed by atoms with E-state index >= 15 is 0 Å². The summed E-state index contributed by atoms with van der Waals surface area (Å²) >= 11 is 3.77. The molecule has 2 aromatic heterocycles. The fourth-order valence-corrected chi connectivity index (χ4v) is 8.73. The van der Waals surface area contributed by atoms with Gasteiger partial charge in [0.25, 0.3) is 5.91 Å². The Balaban J connectivity index is 1.49. The average Bonchev–Trinajstić information content (AvgIpc) is 3.47. The first-order chi connectivity index (χ1) is 15.8. The van der Waals surface area contributed by atoms with E-state index in [4.69, 9.17) is 4.74 Å². The molecule has 15 heteroatoms.